The standard InChI is InChI=1S/C15H14O.C6H12O6/c16-15(14-9-5-2-6-10-14)12-11-13-7-3-1-4-8-13;7-1-3(9)5(11)6(12)4(10)2-8/h1-7,9-13H,8H2;1,3-6,8-12H,2H2. The monoisotopic (exact) mass is 390 g/mol. The number of hydrogen-bond donors (Lipinski definition) is 5. The van der Waals surface area contributed by atoms with Gasteiger partial charge in [0.15, 0.2) is 12.1 Å². The van der Waals surface area contributed by atoms with E-state index in [4.69, 9.17) is 25.5 Å². The second-order valence-corrected chi connectivity index (χ2v) is 6.16. The largest absolute Gasteiger partial charge is 0.394 e. The molecule has 0 amide bonds. The van der Waals surface area contributed by atoms with Crippen molar-refractivity contribution in [3.8, 4) is 0 Å². The highest BCUT2D eigenvalue weighted by atomic mass is 16.4. The molecule has 5 atom stereocenters. The van der Waals surface area contributed by atoms with E-state index in [1.165, 1.54) is 0 Å². The van der Waals surface area contributed by atoms with Crippen LogP contribution in [0, 0.1) is 5.92 Å². The molecule has 1 aliphatic rings. The Balaban J connectivity index is 0.000000295. The van der Waals surface area contributed by atoms with Crippen LogP contribution in [0.3, 0.4) is 0 Å². The van der Waals surface area contributed by atoms with Crippen molar-refractivity contribution in [3.05, 3.63) is 72.4 Å². The molecular formula is C21H26O7. The Bertz CT molecular complexity index is 681. The van der Waals surface area contributed by atoms with Crippen LogP contribution in [0.5, 0.6) is 0 Å². The van der Waals surface area contributed by atoms with E-state index < -0.39 is 31.0 Å². The molecule has 28 heavy (non-hydrogen) atoms. The van der Waals surface area contributed by atoms with Gasteiger partial charge in [-0.3, -0.25) is 4.79 Å². The van der Waals surface area contributed by atoms with Gasteiger partial charge in [-0.2, -0.15) is 0 Å². The minimum atomic E-state index is -1.79. The fourth-order valence-electron chi connectivity index (χ4n) is 2.27. The summed E-state index contributed by atoms with van der Waals surface area (Å²) < 4.78 is 0. The summed E-state index contributed by atoms with van der Waals surface area (Å²) in [6.45, 7) is -0.760. The second kappa shape index (κ2) is 12.9. The summed E-state index contributed by atoms with van der Waals surface area (Å²) in [7, 11) is 0. The van der Waals surface area contributed by atoms with Crippen LogP contribution in [-0.4, -0.2) is 68.6 Å². The van der Waals surface area contributed by atoms with E-state index in [-0.39, 0.29) is 12.1 Å². The van der Waals surface area contributed by atoms with Crippen LogP contribution < -0.4 is 0 Å². The van der Waals surface area contributed by atoms with Crippen molar-refractivity contribution in [2.45, 2.75) is 30.8 Å². The normalized spacial score (nSPS) is 20.0. The van der Waals surface area contributed by atoms with E-state index in [0.29, 0.717) is 5.92 Å². The number of ketones is 1. The predicted molar refractivity (Wildman–Crippen MR) is 103 cm³/mol. The Labute approximate surface area is 163 Å². The highest BCUT2D eigenvalue weighted by Crippen LogP contribution is 2.13. The molecular weight excluding hydrogens is 364 g/mol. The number of benzene rings is 1. The Morgan fingerprint density at radius 1 is 1.07 bits per heavy atom. The third-order valence-corrected chi connectivity index (χ3v) is 3.99. The molecule has 1 aromatic carbocycles. The Morgan fingerprint density at radius 2 is 1.75 bits per heavy atom. The lowest BCUT2D eigenvalue weighted by molar-refractivity contribution is -0.136. The summed E-state index contributed by atoms with van der Waals surface area (Å²) >= 11 is 0. The first kappa shape index (κ1) is 23.6. The molecule has 0 saturated carbocycles. The van der Waals surface area contributed by atoms with Gasteiger partial charge in [0.1, 0.15) is 24.4 Å². The summed E-state index contributed by atoms with van der Waals surface area (Å²) in [4.78, 5) is 21.7. The molecule has 0 spiro atoms. The molecule has 0 aliphatic heterocycles. The van der Waals surface area contributed by atoms with Crippen LogP contribution >= 0.6 is 0 Å². The van der Waals surface area contributed by atoms with E-state index in [0.717, 1.165) is 12.0 Å². The van der Waals surface area contributed by atoms with Gasteiger partial charge in [0.05, 0.1) is 6.61 Å². The third-order valence-electron chi connectivity index (χ3n) is 3.99. The number of rotatable bonds is 8. The summed E-state index contributed by atoms with van der Waals surface area (Å²) in [5.41, 5.74) is 0.745. The molecule has 5 N–H and O–H groups in total. The number of hydrogen-bond acceptors (Lipinski definition) is 7. The zero-order valence-electron chi connectivity index (χ0n) is 15.3. The summed E-state index contributed by atoms with van der Waals surface area (Å²) in [6.07, 6.45) is 6.05. The molecule has 1 aliphatic carbocycles. The van der Waals surface area contributed by atoms with Gasteiger partial charge in [-0.25, -0.2) is 0 Å². The number of carbonyl (C=O) groups is 2. The number of aliphatic hydroxyl groups is 5. The summed E-state index contributed by atoms with van der Waals surface area (Å²) in [5, 5.41) is 43.5. The van der Waals surface area contributed by atoms with Gasteiger partial charge in [0.2, 0.25) is 0 Å². The zero-order valence-corrected chi connectivity index (χ0v) is 15.3. The van der Waals surface area contributed by atoms with Crippen LogP contribution in [0.25, 0.3) is 0 Å². The van der Waals surface area contributed by atoms with Crippen molar-refractivity contribution in [3.63, 3.8) is 0 Å². The van der Waals surface area contributed by atoms with Crippen molar-refractivity contribution in [2.75, 3.05) is 6.61 Å². The summed E-state index contributed by atoms with van der Waals surface area (Å²) in [6, 6.07) is 9.34. The van der Waals surface area contributed by atoms with Crippen molar-refractivity contribution in [1.29, 1.82) is 0 Å². The van der Waals surface area contributed by atoms with Gasteiger partial charge in [0.25, 0.3) is 0 Å². The topological polar surface area (TPSA) is 135 Å². The highest BCUT2D eigenvalue weighted by Gasteiger charge is 2.29. The SMILES string of the molecule is O=C(C=CC1C=CC=CC1)c1ccccc1.O=CC(O)C(O)C(O)C(O)CO. The van der Waals surface area contributed by atoms with Crippen molar-refractivity contribution >= 4 is 12.1 Å². The highest BCUT2D eigenvalue weighted by molar-refractivity contribution is 6.04. The van der Waals surface area contributed by atoms with Gasteiger partial charge < -0.3 is 30.3 Å². The molecule has 7 nitrogen and oxygen atoms in total. The molecule has 0 saturated heterocycles. The molecule has 5 unspecified atom stereocenters. The molecule has 0 aromatic heterocycles. The maximum Gasteiger partial charge on any atom is 0.185 e. The molecule has 152 valence electrons. The van der Waals surface area contributed by atoms with Crippen molar-refractivity contribution < 1.29 is 35.1 Å². The molecule has 0 radical (unpaired) electrons. The van der Waals surface area contributed by atoms with E-state index in [1.54, 1.807) is 6.08 Å². The molecule has 0 bridgehead atoms. The molecule has 0 fully saturated rings. The molecule has 1 aromatic rings. The van der Waals surface area contributed by atoms with Crippen LogP contribution in [0.1, 0.15) is 16.8 Å². The average Bonchev–Trinajstić information content (AvgIpc) is 2.77. The number of carbonyl (C=O) groups excluding carboxylic acids is 2. The predicted octanol–water partition coefficient (Wildman–Crippen LogP) is 0.179. The second-order valence-electron chi connectivity index (χ2n) is 6.16. The van der Waals surface area contributed by atoms with Gasteiger partial charge >= 0.3 is 0 Å². The van der Waals surface area contributed by atoms with Crippen LogP contribution in [0.15, 0.2) is 66.8 Å². The fourth-order valence-corrected chi connectivity index (χ4v) is 2.27. The average molecular weight is 390 g/mol. The van der Waals surface area contributed by atoms with Crippen LogP contribution in [0.2, 0.25) is 0 Å². The lowest BCUT2D eigenvalue weighted by atomic mass is 9.99. The first-order valence-corrected chi connectivity index (χ1v) is 8.80. The van der Waals surface area contributed by atoms with Crippen LogP contribution in [0.4, 0.5) is 0 Å². The lowest BCUT2D eigenvalue weighted by Crippen LogP contribution is -2.46. The first-order chi connectivity index (χ1) is 13.4. The van der Waals surface area contributed by atoms with Crippen molar-refractivity contribution in [1.82, 2.24) is 0 Å². The maximum absolute atomic E-state index is 11.8. The Morgan fingerprint density at radius 3 is 2.29 bits per heavy atom. The van der Waals surface area contributed by atoms with E-state index >= 15 is 0 Å². The number of aldehydes is 1. The van der Waals surface area contributed by atoms with Crippen LogP contribution in [-0.2, 0) is 4.79 Å². The number of aliphatic hydroxyl groups excluding tert-OH is 5. The number of allylic oxidation sites excluding steroid dienone is 6. The van der Waals surface area contributed by atoms with Gasteiger partial charge in [0, 0.05) is 5.56 Å². The minimum absolute atomic E-state index is 0.0258. The first-order valence-electron chi connectivity index (χ1n) is 8.80. The zero-order chi connectivity index (χ0) is 20.9. The fraction of sp³-hybridized carbons (Fsp3) is 0.333. The lowest BCUT2D eigenvalue weighted by Gasteiger charge is -2.22. The Kier molecular flexibility index (Phi) is 10.9. The van der Waals surface area contributed by atoms with Gasteiger partial charge in [-0.05, 0) is 18.4 Å². The quantitative estimate of drug-likeness (QED) is 0.243. The molecule has 2 rings (SSSR count). The third kappa shape index (κ3) is 8.08. The molecule has 0 heterocycles. The van der Waals surface area contributed by atoms with Crippen molar-refractivity contribution in [2.24, 2.45) is 5.92 Å². The smallest absolute Gasteiger partial charge is 0.185 e. The van der Waals surface area contributed by atoms with E-state index in [1.807, 2.05) is 48.6 Å². The summed E-state index contributed by atoms with van der Waals surface area (Å²) in [5.74, 6) is 0.432. The molecule has 7 heteroatoms. The van der Waals surface area contributed by atoms with Gasteiger partial charge in [-0.15, -0.1) is 0 Å². The van der Waals surface area contributed by atoms with E-state index in [2.05, 4.69) is 12.2 Å². The Hall–Kier alpha value is -2.42. The minimum Gasteiger partial charge on any atom is -0.394 e. The maximum atomic E-state index is 11.8. The van der Waals surface area contributed by atoms with Gasteiger partial charge in [-0.1, -0.05) is 60.7 Å². The van der Waals surface area contributed by atoms with E-state index in [9.17, 15) is 9.59 Å².